The third-order valence-corrected chi connectivity index (χ3v) is 9.03. The van der Waals surface area contributed by atoms with E-state index < -0.39 is 23.9 Å². The number of aromatic nitrogens is 1. The van der Waals surface area contributed by atoms with Crippen molar-refractivity contribution in [1.82, 2.24) is 14.8 Å². The number of aliphatic hydroxyl groups is 1. The van der Waals surface area contributed by atoms with Crippen LogP contribution < -0.4 is 0 Å². The van der Waals surface area contributed by atoms with Crippen molar-refractivity contribution in [3.8, 4) is 0 Å². The summed E-state index contributed by atoms with van der Waals surface area (Å²) in [5, 5.41) is 12.0. The first-order valence-corrected chi connectivity index (χ1v) is 14.0. The quantitative estimate of drug-likeness (QED) is 0.347. The van der Waals surface area contributed by atoms with E-state index in [1.54, 1.807) is 0 Å². The second kappa shape index (κ2) is 9.77. The Morgan fingerprint density at radius 2 is 1.44 bits per heavy atom. The van der Waals surface area contributed by atoms with Gasteiger partial charge in [-0.1, -0.05) is 66.7 Å². The molecule has 1 aliphatic heterocycles. The third-order valence-electron chi connectivity index (χ3n) is 9.03. The summed E-state index contributed by atoms with van der Waals surface area (Å²) in [4.78, 5) is 9.23. The maximum Gasteiger partial charge on any atom is 0.263 e. The number of aliphatic hydroxyl groups excluding tert-OH is 1. The Hall–Kier alpha value is -3.19. The second-order valence-electron chi connectivity index (χ2n) is 11.3. The van der Waals surface area contributed by atoms with Gasteiger partial charge in [-0.15, -0.1) is 0 Å². The summed E-state index contributed by atoms with van der Waals surface area (Å²) in [5.74, 6) is -4.14. The highest BCUT2D eigenvalue weighted by molar-refractivity contribution is 5.81. The monoisotopic (exact) mass is 525 g/mol. The molecule has 4 atom stereocenters. The van der Waals surface area contributed by atoms with Crippen LogP contribution in [0.5, 0.6) is 0 Å². The minimum atomic E-state index is -2.69. The normalized spacial score (nSPS) is 24.8. The molecule has 0 amide bonds. The summed E-state index contributed by atoms with van der Waals surface area (Å²) >= 11 is 0. The minimum Gasteiger partial charge on any atom is -0.392 e. The molecule has 1 N–H and O–H groups in total. The molecule has 2 heterocycles. The molecule has 1 saturated heterocycles. The van der Waals surface area contributed by atoms with Crippen LogP contribution in [0.1, 0.15) is 52.1 Å². The number of nitrogens with zero attached hydrogens (tertiary/aromatic N) is 3. The van der Waals surface area contributed by atoms with Gasteiger partial charge in [-0.05, 0) is 52.8 Å². The zero-order valence-corrected chi connectivity index (χ0v) is 21.9. The van der Waals surface area contributed by atoms with Crippen LogP contribution in [0.3, 0.4) is 0 Å². The molecule has 1 saturated carbocycles. The fourth-order valence-electron chi connectivity index (χ4n) is 7.05. The predicted octanol–water partition coefficient (Wildman–Crippen LogP) is 5.77. The Balaban J connectivity index is 1.04. The van der Waals surface area contributed by atoms with E-state index in [1.165, 1.54) is 5.56 Å². The minimum absolute atomic E-state index is 0.0203. The third kappa shape index (κ3) is 4.35. The van der Waals surface area contributed by atoms with E-state index >= 15 is 0 Å². The molecule has 7 rings (SSSR count). The van der Waals surface area contributed by atoms with Gasteiger partial charge in [0.15, 0.2) is 0 Å². The molecular formula is C33H33F2N3O. The van der Waals surface area contributed by atoms with Crippen molar-refractivity contribution in [2.75, 3.05) is 32.7 Å². The molecule has 2 aliphatic carbocycles. The lowest BCUT2D eigenvalue weighted by Gasteiger charge is -2.41. The van der Waals surface area contributed by atoms with Crippen LogP contribution in [0.15, 0.2) is 85.1 Å². The lowest BCUT2D eigenvalue weighted by atomic mass is 9.90. The summed E-state index contributed by atoms with van der Waals surface area (Å²) in [7, 11) is 0. The number of benzene rings is 3. The van der Waals surface area contributed by atoms with Crippen molar-refractivity contribution in [1.29, 1.82) is 0 Å². The number of pyridine rings is 1. The van der Waals surface area contributed by atoms with Gasteiger partial charge in [0.05, 0.1) is 29.5 Å². The summed E-state index contributed by atoms with van der Waals surface area (Å²) in [6.45, 7) is 4.00. The summed E-state index contributed by atoms with van der Waals surface area (Å²) in [5.41, 5.74) is 5.85. The lowest BCUT2D eigenvalue weighted by Crippen LogP contribution is -2.49. The molecule has 4 nitrogen and oxygen atoms in total. The highest BCUT2D eigenvalue weighted by Gasteiger charge is 2.71. The van der Waals surface area contributed by atoms with Crippen LogP contribution >= 0.6 is 0 Å². The van der Waals surface area contributed by atoms with Gasteiger partial charge in [0.1, 0.15) is 0 Å². The van der Waals surface area contributed by atoms with E-state index in [-0.39, 0.29) is 6.04 Å². The summed E-state index contributed by atoms with van der Waals surface area (Å²) in [6.07, 6.45) is 2.92. The lowest BCUT2D eigenvalue weighted by molar-refractivity contribution is 0.0586. The first kappa shape index (κ1) is 24.8. The van der Waals surface area contributed by atoms with Gasteiger partial charge in [-0.3, -0.25) is 14.8 Å². The average Bonchev–Trinajstić information content (AvgIpc) is 3.58. The van der Waals surface area contributed by atoms with Gasteiger partial charge < -0.3 is 5.11 Å². The van der Waals surface area contributed by atoms with E-state index in [0.717, 1.165) is 65.8 Å². The number of β-amino-alcohol motifs (C(OH)–C–C–N with tert-alkyl or cyclic N) is 1. The van der Waals surface area contributed by atoms with Crippen LogP contribution in [0, 0.1) is 0 Å². The molecule has 0 spiro atoms. The van der Waals surface area contributed by atoms with Crippen LogP contribution in [0.25, 0.3) is 10.9 Å². The Bertz CT molecular complexity index is 1440. The fourth-order valence-corrected chi connectivity index (χ4v) is 7.05. The van der Waals surface area contributed by atoms with Crippen molar-refractivity contribution in [2.45, 2.75) is 42.7 Å². The molecule has 1 aromatic heterocycles. The number of alkyl halides is 2. The first-order valence-electron chi connectivity index (χ1n) is 14.0. The molecule has 200 valence electrons. The molecular weight excluding hydrogens is 492 g/mol. The number of hydrogen-bond donors (Lipinski definition) is 1. The van der Waals surface area contributed by atoms with E-state index in [1.807, 2.05) is 72.9 Å². The van der Waals surface area contributed by atoms with Crippen LogP contribution in [-0.4, -0.2) is 64.6 Å². The van der Waals surface area contributed by atoms with Crippen LogP contribution in [0.2, 0.25) is 0 Å². The van der Waals surface area contributed by atoms with Crippen molar-refractivity contribution in [3.05, 3.63) is 113 Å². The highest BCUT2D eigenvalue weighted by Crippen LogP contribution is 2.70. The Morgan fingerprint density at radius 3 is 2.10 bits per heavy atom. The van der Waals surface area contributed by atoms with Gasteiger partial charge in [-0.25, -0.2) is 8.78 Å². The number of halogens is 2. The van der Waals surface area contributed by atoms with Gasteiger partial charge in [-0.2, -0.15) is 0 Å². The number of fused-ring (bicyclic) bond motifs is 6. The second-order valence-corrected chi connectivity index (χ2v) is 11.3. The van der Waals surface area contributed by atoms with E-state index in [2.05, 4.69) is 26.9 Å². The van der Waals surface area contributed by atoms with Gasteiger partial charge in [0.2, 0.25) is 0 Å². The van der Waals surface area contributed by atoms with Crippen molar-refractivity contribution < 1.29 is 13.9 Å². The maximum absolute atomic E-state index is 15.0. The fraction of sp³-hybridized carbons (Fsp3) is 0.364. The van der Waals surface area contributed by atoms with E-state index in [9.17, 15) is 13.9 Å². The molecule has 0 radical (unpaired) electrons. The number of piperazine rings is 1. The Kier molecular flexibility index (Phi) is 6.22. The molecule has 39 heavy (non-hydrogen) atoms. The standard InChI is InChI=1S/C33H33F2N3O/c34-33(35)30-25-8-1-3-10-27(25)32(28-11-4-2-9-26(28)31(30)33)38-19-17-37(18-20-38)21-23(39)15-14-22-7-5-13-29-24(22)12-6-16-36-29/h1-13,16,23,30-32,39H,14-15,17-21H2/t23?,30-,31+,32?. The number of hydrogen-bond acceptors (Lipinski definition) is 4. The van der Waals surface area contributed by atoms with Crippen molar-refractivity contribution in [3.63, 3.8) is 0 Å². The summed E-state index contributed by atoms with van der Waals surface area (Å²) in [6, 6.07) is 25.9. The zero-order valence-electron chi connectivity index (χ0n) is 21.9. The predicted molar refractivity (Wildman–Crippen MR) is 149 cm³/mol. The smallest absolute Gasteiger partial charge is 0.263 e. The number of aryl methyl sites for hydroxylation is 1. The molecule has 0 bridgehead atoms. The average molecular weight is 526 g/mol. The van der Waals surface area contributed by atoms with Crippen LogP contribution in [-0.2, 0) is 6.42 Å². The largest absolute Gasteiger partial charge is 0.392 e. The van der Waals surface area contributed by atoms with Crippen molar-refractivity contribution in [2.24, 2.45) is 0 Å². The zero-order chi connectivity index (χ0) is 26.6. The number of rotatable bonds is 6. The summed E-state index contributed by atoms with van der Waals surface area (Å²) < 4.78 is 30.0. The highest BCUT2D eigenvalue weighted by atomic mass is 19.3. The first-order chi connectivity index (χ1) is 19.0. The molecule has 2 fully saturated rings. The molecule has 3 aromatic carbocycles. The van der Waals surface area contributed by atoms with Gasteiger partial charge in [0.25, 0.3) is 5.92 Å². The molecule has 4 aromatic rings. The molecule has 2 unspecified atom stereocenters. The van der Waals surface area contributed by atoms with Gasteiger partial charge >= 0.3 is 0 Å². The molecule has 3 aliphatic rings. The maximum atomic E-state index is 15.0. The molecule has 6 heteroatoms. The van der Waals surface area contributed by atoms with Crippen LogP contribution in [0.4, 0.5) is 8.78 Å². The topological polar surface area (TPSA) is 39.6 Å². The van der Waals surface area contributed by atoms with E-state index in [0.29, 0.717) is 13.0 Å². The van der Waals surface area contributed by atoms with Gasteiger partial charge in [0, 0.05) is 44.3 Å². The van der Waals surface area contributed by atoms with E-state index in [4.69, 9.17) is 0 Å². The SMILES string of the molecule is OC(CCc1cccc2ncccc12)CN1CCN(C2c3ccccc3[C@@H]3[C@H](c4ccccc42)C3(F)F)CC1. The van der Waals surface area contributed by atoms with Crippen molar-refractivity contribution >= 4 is 10.9 Å². The Morgan fingerprint density at radius 1 is 0.795 bits per heavy atom. The Labute approximate surface area is 227 Å².